The smallest absolute Gasteiger partial charge is 0.131 e. The molecule has 0 aliphatic rings. The minimum absolute atomic E-state index is 0.00779. The highest BCUT2D eigenvalue weighted by molar-refractivity contribution is 7.07. The molecule has 0 saturated carbocycles. The maximum Gasteiger partial charge on any atom is 0.131 e. The van der Waals surface area contributed by atoms with E-state index in [0.29, 0.717) is 6.54 Å². The van der Waals surface area contributed by atoms with E-state index in [0.717, 1.165) is 17.7 Å². The number of nitrogens with one attached hydrogen (secondary N) is 1. The molecule has 1 aromatic carbocycles. The summed E-state index contributed by atoms with van der Waals surface area (Å²) in [7, 11) is 0. The fourth-order valence-corrected chi connectivity index (χ4v) is 2.23. The Kier molecular flexibility index (Phi) is 4.03. The Morgan fingerprint density at radius 1 is 1.22 bits per heavy atom. The highest BCUT2D eigenvalue weighted by Crippen LogP contribution is 2.15. The molecule has 2 aromatic rings. The van der Waals surface area contributed by atoms with Gasteiger partial charge in [-0.05, 0) is 34.5 Å². The molecule has 2 nitrogen and oxygen atoms in total. The van der Waals surface area contributed by atoms with E-state index in [1.807, 2.05) is 16.8 Å². The molecular formula is C13H10F2N2S. The monoisotopic (exact) mass is 264 g/mol. The predicted octanol–water partition coefficient (Wildman–Crippen LogP) is 3.19. The number of nitriles is 1. The lowest BCUT2D eigenvalue weighted by molar-refractivity contribution is 0.535. The maximum absolute atomic E-state index is 13.5. The Morgan fingerprint density at radius 2 is 1.94 bits per heavy atom. The first-order valence-corrected chi connectivity index (χ1v) is 6.25. The van der Waals surface area contributed by atoms with Crippen LogP contribution in [0.15, 0.2) is 29.0 Å². The minimum Gasteiger partial charge on any atom is -0.308 e. The summed E-state index contributed by atoms with van der Waals surface area (Å²) in [5.74, 6) is -1.38. The van der Waals surface area contributed by atoms with Crippen LogP contribution in [-0.2, 0) is 13.1 Å². The van der Waals surface area contributed by atoms with Gasteiger partial charge in [0.1, 0.15) is 11.6 Å². The van der Waals surface area contributed by atoms with Gasteiger partial charge in [-0.2, -0.15) is 16.6 Å². The first-order valence-electron chi connectivity index (χ1n) is 5.30. The second-order valence-corrected chi connectivity index (χ2v) is 4.55. The predicted molar refractivity (Wildman–Crippen MR) is 65.9 cm³/mol. The Morgan fingerprint density at radius 3 is 2.50 bits per heavy atom. The van der Waals surface area contributed by atoms with Crippen LogP contribution in [0, 0.1) is 23.0 Å². The summed E-state index contributed by atoms with van der Waals surface area (Å²) in [4.78, 5) is 0. The molecule has 5 heteroatoms. The van der Waals surface area contributed by atoms with Crippen molar-refractivity contribution >= 4 is 11.3 Å². The van der Waals surface area contributed by atoms with Crippen LogP contribution in [0.25, 0.3) is 0 Å². The summed E-state index contributed by atoms with van der Waals surface area (Å²) in [6.45, 7) is 0.654. The van der Waals surface area contributed by atoms with Crippen molar-refractivity contribution in [3.8, 4) is 6.07 Å². The van der Waals surface area contributed by atoms with E-state index in [9.17, 15) is 8.78 Å². The van der Waals surface area contributed by atoms with E-state index < -0.39 is 11.6 Å². The lowest BCUT2D eigenvalue weighted by atomic mass is 10.1. The van der Waals surface area contributed by atoms with Gasteiger partial charge in [-0.3, -0.25) is 0 Å². The molecule has 18 heavy (non-hydrogen) atoms. The molecule has 1 heterocycles. The lowest BCUT2D eigenvalue weighted by Gasteiger charge is -2.07. The molecule has 0 saturated heterocycles. The molecule has 0 spiro atoms. The number of hydrogen-bond donors (Lipinski definition) is 1. The lowest BCUT2D eigenvalue weighted by Crippen LogP contribution is -2.14. The quantitative estimate of drug-likeness (QED) is 0.920. The van der Waals surface area contributed by atoms with Crippen molar-refractivity contribution in [3.63, 3.8) is 0 Å². The van der Waals surface area contributed by atoms with Crippen molar-refractivity contribution in [2.24, 2.45) is 0 Å². The van der Waals surface area contributed by atoms with Crippen molar-refractivity contribution in [2.75, 3.05) is 0 Å². The first kappa shape index (κ1) is 12.7. The van der Waals surface area contributed by atoms with Crippen LogP contribution in [0.3, 0.4) is 0 Å². The molecule has 0 aliphatic carbocycles. The zero-order valence-corrected chi connectivity index (χ0v) is 10.2. The van der Waals surface area contributed by atoms with Crippen LogP contribution < -0.4 is 5.32 Å². The number of thiophene rings is 1. The number of halogens is 2. The Hall–Kier alpha value is -1.77. The largest absolute Gasteiger partial charge is 0.308 e. The molecule has 1 N–H and O–H groups in total. The van der Waals surface area contributed by atoms with Gasteiger partial charge in [0, 0.05) is 18.7 Å². The highest BCUT2D eigenvalue weighted by Gasteiger charge is 2.10. The van der Waals surface area contributed by atoms with Crippen molar-refractivity contribution in [1.29, 1.82) is 5.26 Å². The fraction of sp³-hybridized carbons (Fsp3) is 0.154. The second-order valence-electron chi connectivity index (χ2n) is 3.77. The Balaban J connectivity index is 2.03. The average molecular weight is 264 g/mol. The maximum atomic E-state index is 13.5. The van der Waals surface area contributed by atoms with Gasteiger partial charge < -0.3 is 5.32 Å². The molecule has 1 aromatic heterocycles. The molecule has 2 rings (SSSR count). The Labute approximate surface area is 107 Å². The summed E-state index contributed by atoms with van der Waals surface area (Å²) >= 11 is 1.57. The molecule has 0 atom stereocenters. The summed E-state index contributed by atoms with van der Waals surface area (Å²) < 4.78 is 27.1. The van der Waals surface area contributed by atoms with Gasteiger partial charge in [0.15, 0.2) is 0 Å². The first-order chi connectivity index (χ1) is 8.70. The molecule has 0 radical (unpaired) electrons. The zero-order valence-electron chi connectivity index (χ0n) is 9.41. The average Bonchev–Trinajstić information content (AvgIpc) is 2.85. The van der Waals surface area contributed by atoms with Gasteiger partial charge in [0.2, 0.25) is 0 Å². The van der Waals surface area contributed by atoms with E-state index in [2.05, 4.69) is 5.32 Å². The van der Waals surface area contributed by atoms with Crippen LogP contribution in [0.5, 0.6) is 0 Å². The fourth-order valence-electron chi connectivity index (χ4n) is 1.56. The van der Waals surface area contributed by atoms with Crippen molar-refractivity contribution in [2.45, 2.75) is 13.1 Å². The zero-order chi connectivity index (χ0) is 13.0. The van der Waals surface area contributed by atoms with E-state index in [1.165, 1.54) is 0 Å². The van der Waals surface area contributed by atoms with Gasteiger partial charge in [-0.25, -0.2) is 8.78 Å². The van der Waals surface area contributed by atoms with Gasteiger partial charge in [0.25, 0.3) is 0 Å². The van der Waals surface area contributed by atoms with Crippen molar-refractivity contribution in [3.05, 3.63) is 57.3 Å². The van der Waals surface area contributed by atoms with Crippen LogP contribution >= 0.6 is 11.3 Å². The standard InChI is InChI=1S/C13H10F2N2S/c14-12-3-10(5-16)4-13(15)11(12)7-17-6-9-1-2-18-8-9/h1-4,8,17H,6-7H2. The van der Waals surface area contributed by atoms with Crippen LogP contribution in [0.1, 0.15) is 16.7 Å². The van der Waals surface area contributed by atoms with E-state index in [4.69, 9.17) is 5.26 Å². The molecule has 92 valence electrons. The van der Waals surface area contributed by atoms with E-state index in [1.54, 1.807) is 17.4 Å². The third-order valence-corrected chi connectivity index (χ3v) is 3.21. The molecule has 0 aliphatic heterocycles. The summed E-state index contributed by atoms with van der Waals surface area (Å²) in [5, 5.41) is 15.5. The van der Waals surface area contributed by atoms with Gasteiger partial charge >= 0.3 is 0 Å². The highest BCUT2D eigenvalue weighted by atomic mass is 32.1. The number of nitrogens with zero attached hydrogens (tertiary/aromatic N) is 1. The number of benzene rings is 1. The summed E-state index contributed by atoms with van der Waals surface area (Å²) in [5.41, 5.74) is 1.03. The van der Waals surface area contributed by atoms with Crippen molar-refractivity contribution < 1.29 is 8.78 Å². The third-order valence-electron chi connectivity index (χ3n) is 2.48. The van der Waals surface area contributed by atoms with Crippen molar-refractivity contribution in [1.82, 2.24) is 5.32 Å². The van der Waals surface area contributed by atoms with E-state index in [-0.39, 0.29) is 17.7 Å². The second kappa shape index (κ2) is 5.71. The van der Waals surface area contributed by atoms with Crippen LogP contribution in [0.4, 0.5) is 8.78 Å². The number of rotatable bonds is 4. The molecule has 0 unspecified atom stereocenters. The number of hydrogen-bond acceptors (Lipinski definition) is 3. The molecular weight excluding hydrogens is 254 g/mol. The van der Waals surface area contributed by atoms with Gasteiger partial charge in [-0.15, -0.1) is 0 Å². The minimum atomic E-state index is -0.690. The third kappa shape index (κ3) is 2.92. The molecule has 0 amide bonds. The summed E-state index contributed by atoms with van der Waals surface area (Å²) in [6, 6.07) is 5.76. The topological polar surface area (TPSA) is 35.8 Å². The van der Waals surface area contributed by atoms with Crippen LogP contribution in [-0.4, -0.2) is 0 Å². The van der Waals surface area contributed by atoms with Gasteiger partial charge in [0.05, 0.1) is 11.6 Å². The van der Waals surface area contributed by atoms with Crippen LogP contribution in [0.2, 0.25) is 0 Å². The SMILES string of the molecule is N#Cc1cc(F)c(CNCc2ccsc2)c(F)c1. The normalized spacial score (nSPS) is 10.3. The molecule has 0 bridgehead atoms. The Bertz CT molecular complexity index is 550. The molecule has 0 fully saturated rings. The summed E-state index contributed by atoms with van der Waals surface area (Å²) in [6.07, 6.45) is 0. The van der Waals surface area contributed by atoms with E-state index >= 15 is 0 Å². The van der Waals surface area contributed by atoms with Gasteiger partial charge in [-0.1, -0.05) is 0 Å².